The molecule has 0 N–H and O–H groups in total. The van der Waals surface area contributed by atoms with E-state index in [1.54, 1.807) is 4.90 Å². The summed E-state index contributed by atoms with van der Waals surface area (Å²) in [7, 11) is 0. The Kier molecular flexibility index (Phi) is 5.18. The quantitative estimate of drug-likeness (QED) is 0.840. The Hall–Kier alpha value is -1.49. The maximum absolute atomic E-state index is 13.2. The van der Waals surface area contributed by atoms with Crippen LogP contribution in [0.2, 0.25) is 0 Å². The fourth-order valence-electron chi connectivity index (χ4n) is 3.79. The van der Waals surface area contributed by atoms with Crippen molar-refractivity contribution >= 4 is 5.91 Å². The predicted molar refractivity (Wildman–Crippen MR) is 89.9 cm³/mol. The predicted octanol–water partition coefficient (Wildman–Crippen LogP) is 3.72. The number of carbonyl (C=O) groups excluding carboxylic acids is 1. The molecule has 2 aliphatic heterocycles. The molecule has 2 aliphatic rings. The molecular weight excluding hydrogens is 310 g/mol. The number of benzene rings is 1. The Morgan fingerprint density at radius 2 is 1.67 bits per heavy atom. The van der Waals surface area contributed by atoms with E-state index in [1.165, 1.54) is 5.56 Å². The van der Waals surface area contributed by atoms with Gasteiger partial charge in [0.25, 0.3) is 5.92 Å². The van der Waals surface area contributed by atoms with Gasteiger partial charge in [0, 0.05) is 37.9 Å². The molecule has 1 unspecified atom stereocenters. The van der Waals surface area contributed by atoms with Gasteiger partial charge in [-0.3, -0.25) is 9.69 Å². The van der Waals surface area contributed by atoms with E-state index in [-0.39, 0.29) is 37.8 Å². The van der Waals surface area contributed by atoms with Gasteiger partial charge >= 0.3 is 0 Å². The van der Waals surface area contributed by atoms with Gasteiger partial charge in [0.1, 0.15) is 0 Å². The van der Waals surface area contributed by atoms with Crippen molar-refractivity contribution in [2.45, 2.75) is 44.6 Å². The zero-order chi connectivity index (χ0) is 17.2. The minimum atomic E-state index is -2.59. The number of halogens is 2. The smallest absolute Gasteiger partial charge is 0.251 e. The van der Waals surface area contributed by atoms with Crippen molar-refractivity contribution in [1.82, 2.24) is 9.80 Å². The van der Waals surface area contributed by atoms with Gasteiger partial charge in [0.05, 0.1) is 0 Å². The average molecular weight is 336 g/mol. The van der Waals surface area contributed by atoms with Crippen LogP contribution in [-0.4, -0.2) is 47.8 Å². The number of nitrogens with zero attached hydrogens (tertiary/aromatic N) is 2. The lowest BCUT2D eigenvalue weighted by Crippen LogP contribution is -2.47. The summed E-state index contributed by atoms with van der Waals surface area (Å²) < 4.78 is 26.5. The molecule has 24 heavy (non-hydrogen) atoms. The summed E-state index contributed by atoms with van der Waals surface area (Å²) in [6.07, 6.45) is 1.26. The lowest BCUT2D eigenvalue weighted by Gasteiger charge is -2.39. The lowest BCUT2D eigenvalue weighted by atomic mass is 9.92. The summed E-state index contributed by atoms with van der Waals surface area (Å²) in [5, 5.41) is 0. The van der Waals surface area contributed by atoms with Gasteiger partial charge < -0.3 is 4.90 Å². The highest BCUT2D eigenvalue weighted by molar-refractivity contribution is 5.79. The summed E-state index contributed by atoms with van der Waals surface area (Å²) in [6.45, 7) is 4.37. The van der Waals surface area contributed by atoms with Crippen molar-refractivity contribution in [2.75, 3.05) is 26.2 Å². The molecule has 1 atom stereocenters. The van der Waals surface area contributed by atoms with E-state index >= 15 is 0 Å². The van der Waals surface area contributed by atoms with E-state index in [0.717, 1.165) is 25.9 Å². The molecule has 5 heteroatoms. The van der Waals surface area contributed by atoms with Crippen molar-refractivity contribution in [2.24, 2.45) is 5.92 Å². The number of alkyl halides is 2. The van der Waals surface area contributed by atoms with Crippen LogP contribution in [0.4, 0.5) is 8.78 Å². The molecule has 2 fully saturated rings. The van der Waals surface area contributed by atoms with E-state index in [1.807, 2.05) is 18.2 Å². The van der Waals surface area contributed by atoms with Gasteiger partial charge in [0.15, 0.2) is 0 Å². The fraction of sp³-hybridized carbons (Fsp3) is 0.632. The van der Waals surface area contributed by atoms with E-state index in [9.17, 15) is 13.6 Å². The summed E-state index contributed by atoms with van der Waals surface area (Å²) in [5.41, 5.74) is 1.29. The number of hydrogen-bond acceptors (Lipinski definition) is 2. The van der Waals surface area contributed by atoms with Crippen LogP contribution < -0.4 is 0 Å². The number of piperidine rings is 2. The van der Waals surface area contributed by atoms with Crippen LogP contribution in [-0.2, 0) is 4.79 Å². The third-order valence-electron chi connectivity index (χ3n) is 5.52. The second kappa shape index (κ2) is 7.18. The van der Waals surface area contributed by atoms with Gasteiger partial charge in [-0.2, -0.15) is 0 Å². The van der Waals surface area contributed by atoms with E-state index in [0.29, 0.717) is 6.04 Å². The Morgan fingerprint density at radius 3 is 2.25 bits per heavy atom. The number of amides is 1. The van der Waals surface area contributed by atoms with Crippen molar-refractivity contribution in [3.8, 4) is 0 Å². The normalized spacial score (nSPS) is 23.9. The standard InChI is InChI=1S/C19H26F2N2O/c1-15(16-5-3-2-4-6-16)22-11-7-17(8-12-22)18(24)23-13-9-19(20,21)10-14-23/h2-6,15,17H,7-14H2,1H3. The third kappa shape index (κ3) is 3.94. The zero-order valence-corrected chi connectivity index (χ0v) is 14.3. The van der Waals surface area contributed by atoms with Crippen molar-refractivity contribution in [1.29, 1.82) is 0 Å². The fourth-order valence-corrected chi connectivity index (χ4v) is 3.79. The van der Waals surface area contributed by atoms with Crippen molar-refractivity contribution in [3.05, 3.63) is 35.9 Å². The van der Waals surface area contributed by atoms with Crippen LogP contribution >= 0.6 is 0 Å². The second-order valence-electron chi connectivity index (χ2n) is 7.08. The highest BCUT2D eigenvalue weighted by atomic mass is 19.3. The van der Waals surface area contributed by atoms with Crippen LogP contribution in [0, 0.1) is 5.92 Å². The molecule has 1 aromatic rings. The summed E-state index contributed by atoms with van der Waals surface area (Å²) in [5.74, 6) is -2.51. The largest absolute Gasteiger partial charge is 0.342 e. The first-order valence-electron chi connectivity index (χ1n) is 8.92. The molecule has 0 aliphatic carbocycles. The topological polar surface area (TPSA) is 23.6 Å². The molecule has 0 radical (unpaired) electrons. The Morgan fingerprint density at radius 1 is 1.08 bits per heavy atom. The molecule has 0 saturated carbocycles. The van der Waals surface area contributed by atoms with Crippen LogP contribution in [0.15, 0.2) is 30.3 Å². The molecule has 1 aromatic carbocycles. The lowest BCUT2D eigenvalue weighted by molar-refractivity contribution is -0.143. The van der Waals surface area contributed by atoms with Gasteiger partial charge in [-0.1, -0.05) is 30.3 Å². The van der Waals surface area contributed by atoms with E-state index in [2.05, 4.69) is 24.0 Å². The van der Waals surface area contributed by atoms with Gasteiger partial charge in [-0.25, -0.2) is 8.78 Å². The van der Waals surface area contributed by atoms with Crippen LogP contribution in [0.25, 0.3) is 0 Å². The molecule has 0 spiro atoms. The molecule has 3 rings (SSSR count). The number of rotatable bonds is 3. The molecule has 0 bridgehead atoms. The average Bonchev–Trinajstić information content (AvgIpc) is 2.61. The first kappa shape index (κ1) is 17.3. The van der Waals surface area contributed by atoms with Crippen molar-refractivity contribution < 1.29 is 13.6 Å². The van der Waals surface area contributed by atoms with Crippen molar-refractivity contribution in [3.63, 3.8) is 0 Å². The molecule has 0 aromatic heterocycles. The third-order valence-corrected chi connectivity index (χ3v) is 5.52. The first-order valence-corrected chi connectivity index (χ1v) is 8.92. The Labute approximate surface area is 142 Å². The first-order chi connectivity index (χ1) is 11.5. The molecule has 2 heterocycles. The molecule has 132 valence electrons. The minimum Gasteiger partial charge on any atom is -0.342 e. The number of likely N-dealkylation sites (tertiary alicyclic amines) is 2. The van der Waals surface area contributed by atoms with Crippen LogP contribution in [0.5, 0.6) is 0 Å². The summed E-state index contributed by atoms with van der Waals surface area (Å²) >= 11 is 0. The monoisotopic (exact) mass is 336 g/mol. The molecule has 3 nitrogen and oxygen atoms in total. The van der Waals surface area contributed by atoms with Gasteiger partial charge in [0.2, 0.25) is 5.91 Å². The van der Waals surface area contributed by atoms with Gasteiger partial charge in [-0.15, -0.1) is 0 Å². The minimum absolute atomic E-state index is 0.00375. The SMILES string of the molecule is CC(c1ccccc1)N1CCC(C(=O)N2CCC(F)(F)CC2)CC1. The molecule has 1 amide bonds. The van der Waals surface area contributed by atoms with Crippen LogP contribution in [0.3, 0.4) is 0 Å². The summed E-state index contributed by atoms with van der Waals surface area (Å²) in [4.78, 5) is 16.6. The molecular formula is C19H26F2N2O. The molecule has 2 saturated heterocycles. The number of hydrogen-bond donors (Lipinski definition) is 0. The van der Waals surface area contributed by atoms with Gasteiger partial charge in [-0.05, 0) is 38.4 Å². The zero-order valence-electron chi connectivity index (χ0n) is 14.3. The number of carbonyl (C=O) groups is 1. The van der Waals surface area contributed by atoms with E-state index in [4.69, 9.17) is 0 Å². The maximum atomic E-state index is 13.2. The Bertz CT molecular complexity index is 546. The van der Waals surface area contributed by atoms with Crippen LogP contribution in [0.1, 0.15) is 44.2 Å². The maximum Gasteiger partial charge on any atom is 0.251 e. The second-order valence-corrected chi connectivity index (χ2v) is 7.08. The van der Waals surface area contributed by atoms with E-state index < -0.39 is 5.92 Å². The Balaban J connectivity index is 1.51. The highest BCUT2D eigenvalue weighted by Gasteiger charge is 2.38. The summed E-state index contributed by atoms with van der Waals surface area (Å²) in [6, 6.07) is 10.7. The highest BCUT2D eigenvalue weighted by Crippen LogP contribution is 2.31.